The monoisotopic (exact) mass is 198 g/mol. The normalized spacial score (nSPS) is 27.0. The van der Waals surface area contributed by atoms with Crippen molar-refractivity contribution in [2.75, 3.05) is 26.2 Å². The van der Waals surface area contributed by atoms with E-state index in [4.69, 9.17) is 0 Å². The highest BCUT2D eigenvalue weighted by Gasteiger charge is 2.17. The highest BCUT2D eigenvalue weighted by Crippen LogP contribution is 2.16. The molecule has 14 heavy (non-hydrogen) atoms. The molecular formula is C12H26N2. The Morgan fingerprint density at radius 1 is 1.29 bits per heavy atom. The lowest BCUT2D eigenvalue weighted by Crippen LogP contribution is -2.41. The SMILES string of the molecule is CC1CCN(CC(C)(C)C)CCCN1. The fourth-order valence-corrected chi connectivity index (χ4v) is 2.07. The van der Waals surface area contributed by atoms with Gasteiger partial charge in [0.15, 0.2) is 0 Å². The van der Waals surface area contributed by atoms with Gasteiger partial charge in [-0.05, 0) is 44.8 Å². The molecule has 0 amide bonds. The fraction of sp³-hybridized carbons (Fsp3) is 1.00. The Balaban J connectivity index is 2.36. The third-order valence-corrected chi connectivity index (χ3v) is 2.72. The fourth-order valence-electron chi connectivity index (χ4n) is 2.07. The van der Waals surface area contributed by atoms with E-state index in [-0.39, 0.29) is 0 Å². The summed E-state index contributed by atoms with van der Waals surface area (Å²) in [4.78, 5) is 2.62. The van der Waals surface area contributed by atoms with Gasteiger partial charge in [-0.15, -0.1) is 0 Å². The Labute approximate surface area is 89.1 Å². The van der Waals surface area contributed by atoms with E-state index in [9.17, 15) is 0 Å². The first-order chi connectivity index (χ1) is 6.47. The van der Waals surface area contributed by atoms with Crippen molar-refractivity contribution in [3.63, 3.8) is 0 Å². The van der Waals surface area contributed by atoms with E-state index in [1.54, 1.807) is 0 Å². The zero-order chi connectivity index (χ0) is 10.6. The van der Waals surface area contributed by atoms with Gasteiger partial charge in [0, 0.05) is 12.6 Å². The van der Waals surface area contributed by atoms with Gasteiger partial charge in [-0.2, -0.15) is 0 Å². The largest absolute Gasteiger partial charge is 0.314 e. The molecule has 0 spiro atoms. The molecule has 84 valence electrons. The van der Waals surface area contributed by atoms with E-state index < -0.39 is 0 Å². The minimum Gasteiger partial charge on any atom is -0.314 e. The van der Waals surface area contributed by atoms with E-state index in [0.717, 1.165) is 0 Å². The van der Waals surface area contributed by atoms with Crippen LogP contribution in [0, 0.1) is 5.41 Å². The molecular weight excluding hydrogens is 172 g/mol. The maximum atomic E-state index is 3.54. The van der Waals surface area contributed by atoms with Gasteiger partial charge in [0.1, 0.15) is 0 Å². The van der Waals surface area contributed by atoms with Crippen molar-refractivity contribution >= 4 is 0 Å². The number of hydrogen-bond donors (Lipinski definition) is 1. The summed E-state index contributed by atoms with van der Waals surface area (Å²) in [6, 6.07) is 0.692. The molecule has 1 unspecified atom stereocenters. The third-order valence-electron chi connectivity index (χ3n) is 2.72. The zero-order valence-corrected chi connectivity index (χ0v) is 10.3. The van der Waals surface area contributed by atoms with Crippen LogP contribution in [-0.4, -0.2) is 37.1 Å². The molecule has 0 saturated carbocycles. The van der Waals surface area contributed by atoms with Crippen molar-refractivity contribution in [2.24, 2.45) is 5.41 Å². The van der Waals surface area contributed by atoms with Gasteiger partial charge in [-0.25, -0.2) is 0 Å². The summed E-state index contributed by atoms with van der Waals surface area (Å²) >= 11 is 0. The summed E-state index contributed by atoms with van der Waals surface area (Å²) in [5.41, 5.74) is 0.440. The van der Waals surface area contributed by atoms with Crippen LogP contribution in [0.3, 0.4) is 0 Å². The van der Waals surface area contributed by atoms with Gasteiger partial charge in [0.05, 0.1) is 0 Å². The average Bonchev–Trinajstić information content (AvgIpc) is 2.02. The van der Waals surface area contributed by atoms with Gasteiger partial charge in [-0.1, -0.05) is 20.8 Å². The molecule has 1 rings (SSSR count). The van der Waals surface area contributed by atoms with Crippen LogP contribution in [0.1, 0.15) is 40.5 Å². The van der Waals surface area contributed by atoms with Gasteiger partial charge in [0.25, 0.3) is 0 Å². The second kappa shape index (κ2) is 5.13. The van der Waals surface area contributed by atoms with Crippen LogP contribution in [0.25, 0.3) is 0 Å². The number of nitrogens with zero attached hydrogens (tertiary/aromatic N) is 1. The molecule has 1 fully saturated rings. The van der Waals surface area contributed by atoms with Crippen molar-refractivity contribution in [1.29, 1.82) is 0 Å². The predicted molar refractivity (Wildman–Crippen MR) is 62.6 cm³/mol. The molecule has 1 N–H and O–H groups in total. The molecule has 1 heterocycles. The topological polar surface area (TPSA) is 15.3 Å². The molecule has 1 aliphatic rings. The van der Waals surface area contributed by atoms with E-state index in [1.807, 2.05) is 0 Å². The van der Waals surface area contributed by atoms with Gasteiger partial charge < -0.3 is 10.2 Å². The Hall–Kier alpha value is -0.0800. The second-order valence-corrected chi connectivity index (χ2v) is 5.83. The molecule has 2 nitrogen and oxygen atoms in total. The maximum absolute atomic E-state index is 3.54. The highest BCUT2D eigenvalue weighted by molar-refractivity contribution is 4.74. The minimum absolute atomic E-state index is 0.440. The second-order valence-electron chi connectivity index (χ2n) is 5.83. The lowest BCUT2D eigenvalue weighted by atomic mass is 9.95. The maximum Gasteiger partial charge on any atom is 0.00509 e. The first-order valence-electron chi connectivity index (χ1n) is 5.93. The summed E-state index contributed by atoms with van der Waals surface area (Å²) in [7, 11) is 0. The van der Waals surface area contributed by atoms with Crippen LogP contribution in [0.4, 0.5) is 0 Å². The predicted octanol–water partition coefficient (Wildman–Crippen LogP) is 2.11. The van der Waals surface area contributed by atoms with Crippen LogP contribution < -0.4 is 5.32 Å². The van der Waals surface area contributed by atoms with Gasteiger partial charge in [-0.3, -0.25) is 0 Å². The minimum atomic E-state index is 0.440. The summed E-state index contributed by atoms with van der Waals surface area (Å²) in [6.07, 6.45) is 2.58. The van der Waals surface area contributed by atoms with Crippen LogP contribution in [-0.2, 0) is 0 Å². The molecule has 1 saturated heterocycles. The first kappa shape index (κ1) is 12.0. The van der Waals surface area contributed by atoms with Crippen LogP contribution in [0.15, 0.2) is 0 Å². The lowest BCUT2D eigenvalue weighted by molar-refractivity contribution is 0.172. The molecule has 0 bridgehead atoms. The van der Waals surface area contributed by atoms with Gasteiger partial charge >= 0.3 is 0 Å². The van der Waals surface area contributed by atoms with Crippen molar-refractivity contribution in [3.05, 3.63) is 0 Å². The third kappa shape index (κ3) is 4.97. The Kier molecular flexibility index (Phi) is 4.39. The molecule has 2 heteroatoms. The Morgan fingerprint density at radius 2 is 2.00 bits per heavy atom. The summed E-state index contributed by atoms with van der Waals surface area (Å²) in [5.74, 6) is 0. The lowest BCUT2D eigenvalue weighted by Gasteiger charge is -2.32. The molecule has 1 aliphatic heterocycles. The molecule has 1 atom stereocenters. The van der Waals surface area contributed by atoms with Crippen LogP contribution in [0.2, 0.25) is 0 Å². The molecule has 0 aromatic heterocycles. The standard InChI is InChI=1S/C12H26N2/c1-11-6-9-14(8-5-7-13-11)10-12(2,3)4/h11,13H,5-10H2,1-4H3. The van der Waals surface area contributed by atoms with E-state index in [0.29, 0.717) is 11.5 Å². The summed E-state index contributed by atoms with van der Waals surface area (Å²) in [6.45, 7) is 14.2. The van der Waals surface area contributed by atoms with Crippen LogP contribution >= 0.6 is 0 Å². The highest BCUT2D eigenvalue weighted by atomic mass is 15.1. The van der Waals surface area contributed by atoms with Crippen molar-refractivity contribution in [1.82, 2.24) is 10.2 Å². The summed E-state index contributed by atoms with van der Waals surface area (Å²) in [5, 5.41) is 3.54. The Bertz CT molecular complexity index is 160. The first-order valence-corrected chi connectivity index (χ1v) is 5.93. The Morgan fingerprint density at radius 3 is 2.64 bits per heavy atom. The number of rotatable bonds is 1. The summed E-state index contributed by atoms with van der Waals surface area (Å²) < 4.78 is 0. The van der Waals surface area contributed by atoms with E-state index >= 15 is 0 Å². The zero-order valence-electron chi connectivity index (χ0n) is 10.3. The van der Waals surface area contributed by atoms with E-state index in [2.05, 4.69) is 37.9 Å². The molecule has 0 aromatic rings. The number of nitrogens with one attached hydrogen (secondary N) is 1. The van der Waals surface area contributed by atoms with Crippen molar-refractivity contribution in [2.45, 2.75) is 46.6 Å². The quantitative estimate of drug-likeness (QED) is 0.694. The van der Waals surface area contributed by atoms with Crippen molar-refractivity contribution < 1.29 is 0 Å². The van der Waals surface area contributed by atoms with Crippen LogP contribution in [0.5, 0.6) is 0 Å². The molecule has 0 aromatic carbocycles. The molecule has 0 aliphatic carbocycles. The smallest absolute Gasteiger partial charge is 0.00509 e. The average molecular weight is 198 g/mol. The molecule has 0 radical (unpaired) electrons. The number of hydrogen-bond acceptors (Lipinski definition) is 2. The van der Waals surface area contributed by atoms with Crippen molar-refractivity contribution in [3.8, 4) is 0 Å². The van der Waals surface area contributed by atoms with Gasteiger partial charge in [0.2, 0.25) is 0 Å². The van der Waals surface area contributed by atoms with E-state index in [1.165, 1.54) is 39.0 Å².